The van der Waals surface area contributed by atoms with E-state index in [-0.39, 0.29) is 0 Å². The van der Waals surface area contributed by atoms with Crippen LogP contribution in [0.15, 0.2) is 0 Å². The number of aliphatic hydroxyl groups is 2. The van der Waals surface area contributed by atoms with Gasteiger partial charge in [-0.1, -0.05) is 0 Å². The average molecular weight is 206 g/mol. The van der Waals surface area contributed by atoms with E-state index < -0.39 is 36.5 Å². The number of aliphatic hydroxyl groups excluding tert-OH is 2. The van der Waals surface area contributed by atoms with Gasteiger partial charge in [0.1, 0.15) is 18.3 Å². The predicted octanol–water partition coefficient (Wildman–Crippen LogP) is -1.40. The quantitative estimate of drug-likeness (QED) is 0.514. The molecule has 0 spiro atoms. The van der Waals surface area contributed by atoms with Crippen molar-refractivity contribution < 1.29 is 29.6 Å². The second-order valence-corrected chi connectivity index (χ2v) is 3.28. The van der Waals surface area contributed by atoms with Crippen LogP contribution in [0, 0.1) is 0 Å². The third kappa shape index (κ3) is 1.88. The lowest BCUT2D eigenvalue weighted by atomic mass is 9.95. The molecule has 1 fully saturated rings. The number of rotatable bonds is 2. The summed E-state index contributed by atoms with van der Waals surface area (Å²) in [7, 11) is 1.36. The summed E-state index contributed by atoms with van der Waals surface area (Å²) < 4.78 is 9.89. The molecule has 0 aromatic heterocycles. The number of carboxylic acid groups (broad SMARTS) is 1. The van der Waals surface area contributed by atoms with Crippen molar-refractivity contribution in [1.82, 2.24) is 0 Å². The highest BCUT2D eigenvalue weighted by Gasteiger charge is 2.45. The fourth-order valence-corrected chi connectivity index (χ4v) is 1.58. The summed E-state index contributed by atoms with van der Waals surface area (Å²) in [6, 6.07) is 0. The van der Waals surface area contributed by atoms with Gasteiger partial charge in [-0.2, -0.15) is 0 Å². The lowest BCUT2D eigenvalue weighted by Crippen LogP contribution is -2.59. The first kappa shape index (κ1) is 11.4. The second-order valence-electron chi connectivity index (χ2n) is 3.28. The normalized spacial score (nSPS) is 43.6. The Morgan fingerprint density at radius 1 is 1.36 bits per heavy atom. The van der Waals surface area contributed by atoms with Gasteiger partial charge in [0.05, 0.1) is 6.10 Å². The molecule has 1 heterocycles. The smallest absolute Gasteiger partial charge is 0.335 e. The molecule has 1 aliphatic heterocycles. The molecule has 82 valence electrons. The number of aliphatic carboxylic acids is 1. The summed E-state index contributed by atoms with van der Waals surface area (Å²) in [5.74, 6) is -1.29. The van der Waals surface area contributed by atoms with Crippen LogP contribution in [0.5, 0.6) is 0 Å². The maximum atomic E-state index is 10.6. The molecule has 14 heavy (non-hydrogen) atoms. The van der Waals surface area contributed by atoms with E-state index in [1.165, 1.54) is 7.11 Å². The van der Waals surface area contributed by atoms with Gasteiger partial charge in [-0.3, -0.25) is 0 Å². The van der Waals surface area contributed by atoms with E-state index >= 15 is 0 Å². The Bertz CT molecular complexity index is 218. The highest BCUT2D eigenvalue weighted by atomic mass is 16.6. The summed E-state index contributed by atoms with van der Waals surface area (Å²) in [6.07, 6.45) is -5.38. The molecule has 0 unspecified atom stereocenters. The highest BCUT2D eigenvalue weighted by molar-refractivity contribution is 5.73. The minimum Gasteiger partial charge on any atom is -0.479 e. The van der Waals surface area contributed by atoms with Crippen LogP contribution in [-0.4, -0.2) is 58.9 Å². The zero-order valence-electron chi connectivity index (χ0n) is 7.95. The first-order valence-corrected chi connectivity index (χ1v) is 4.26. The molecule has 1 aliphatic rings. The van der Waals surface area contributed by atoms with Crippen molar-refractivity contribution >= 4 is 5.97 Å². The van der Waals surface area contributed by atoms with E-state index in [1.807, 2.05) is 0 Å². The standard InChI is InChI=1S/C8H14O6/c1-3-6(13-2)4(9)5(10)7(14-3)8(11)12/h3-7,9-10H,1-2H3,(H,11,12)/t3-,4-,5-,6-,7+/m1/s1. The summed E-state index contributed by atoms with van der Waals surface area (Å²) in [5.41, 5.74) is 0. The van der Waals surface area contributed by atoms with Crippen LogP contribution in [0.4, 0.5) is 0 Å². The highest BCUT2D eigenvalue weighted by Crippen LogP contribution is 2.22. The Hall–Kier alpha value is -0.690. The Kier molecular flexibility index (Phi) is 3.43. The predicted molar refractivity (Wildman–Crippen MR) is 44.8 cm³/mol. The van der Waals surface area contributed by atoms with Crippen LogP contribution in [0.2, 0.25) is 0 Å². The molecule has 5 atom stereocenters. The molecule has 6 heteroatoms. The molecule has 0 bridgehead atoms. The molecule has 1 rings (SSSR count). The average Bonchev–Trinajstić information content (AvgIpc) is 2.12. The summed E-state index contributed by atoms with van der Waals surface area (Å²) in [4.78, 5) is 10.6. The first-order chi connectivity index (χ1) is 6.49. The van der Waals surface area contributed by atoms with Gasteiger partial charge in [-0.05, 0) is 6.92 Å². The van der Waals surface area contributed by atoms with Gasteiger partial charge in [0.25, 0.3) is 0 Å². The van der Waals surface area contributed by atoms with Gasteiger partial charge in [0.2, 0.25) is 0 Å². The van der Waals surface area contributed by atoms with Crippen molar-refractivity contribution in [2.24, 2.45) is 0 Å². The maximum Gasteiger partial charge on any atom is 0.335 e. The van der Waals surface area contributed by atoms with Gasteiger partial charge in [-0.15, -0.1) is 0 Å². The molecular formula is C8H14O6. The van der Waals surface area contributed by atoms with Crippen molar-refractivity contribution in [2.45, 2.75) is 37.4 Å². The number of methoxy groups -OCH3 is 1. The van der Waals surface area contributed by atoms with E-state index in [1.54, 1.807) is 6.92 Å². The number of ether oxygens (including phenoxy) is 2. The third-order valence-electron chi connectivity index (χ3n) is 2.34. The van der Waals surface area contributed by atoms with E-state index in [0.717, 1.165) is 0 Å². The van der Waals surface area contributed by atoms with Crippen molar-refractivity contribution in [1.29, 1.82) is 0 Å². The van der Waals surface area contributed by atoms with E-state index in [2.05, 4.69) is 0 Å². The van der Waals surface area contributed by atoms with E-state index in [0.29, 0.717) is 0 Å². The number of carbonyl (C=O) groups is 1. The van der Waals surface area contributed by atoms with Gasteiger partial charge in [-0.25, -0.2) is 4.79 Å². The van der Waals surface area contributed by atoms with Gasteiger partial charge in [0, 0.05) is 7.11 Å². The number of hydrogen-bond donors (Lipinski definition) is 3. The Morgan fingerprint density at radius 3 is 2.36 bits per heavy atom. The maximum absolute atomic E-state index is 10.6. The van der Waals surface area contributed by atoms with E-state index in [9.17, 15) is 15.0 Å². The molecule has 6 nitrogen and oxygen atoms in total. The fraction of sp³-hybridized carbons (Fsp3) is 0.875. The number of carboxylic acids is 1. The van der Waals surface area contributed by atoms with Gasteiger partial charge >= 0.3 is 5.97 Å². The van der Waals surface area contributed by atoms with Crippen molar-refractivity contribution in [3.63, 3.8) is 0 Å². The zero-order valence-corrected chi connectivity index (χ0v) is 7.95. The molecule has 0 radical (unpaired) electrons. The molecule has 0 aromatic carbocycles. The molecule has 3 N–H and O–H groups in total. The van der Waals surface area contributed by atoms with Crippen molar-refractivity contribution in [3.8, 4) is 0 Å². The van der Waals surface area contributed by atoms with Crippen LogP contribution in [0.25, 0.3) is 0 Å². The Labute approximate surface area is 81.1 Å². The SMILES string of the molecule is CO[C@H]1[C@H](O)[C@@H](O)[C@@H](C(=O)O)O[C@@H]1C. The molecule has 0 aromatic rings. The minimum atomic E-state index is -1.46. The topological polar surface area (TPSA) is 96.2 Å². The van der Waals surface area contributed by atoms with Crippen LogP contribution >= 0.6 is 0 Å². The fourth-order valence-electron chi connectivity index (χ4n) is 1.58. The summed E-state index contributed by atoms with van der Waals surface area (Å²) in [5, 5.41) is 27.6. The monoisotopic (exact) mass is 206 g/mol. The van der Waals surface area contributed by atoms with Crippen molar-refractivity contribution in [3.05, 3.63) is 0 Å². The minimum absolute atomic E-state index is 0.570. The van der Waals surface area contributed by atoms with Crippen LogP contribution in [-0.2, 0) is 14.3 Å². The molecule has 1 saturated heterocycles. The lowest BCUT2D eigenvalue weighted by Gasteiger charge is -2.39. The van der Waals surface area contributed by atoms with E-state index in [4.69, 9.17) is 14.6 Å². The Morgan fingerprint density at radius 2 is 1.93 bits per heavy atom. The first-order valence-electron chi connectivity index (χ1n) is 4.26. The number of hydrogen-bond acceptors (Lipinski definition) is 5. The second kappa shape index (κ2) is 4.22. The largest absolute Gasteiger partial charge is 0.479 e. The van der Waals surface area contributed by atoms with Gasteiger partial charge < -0.3 is 24.8 Å². The zero-order chi connectivity index (χ0) is 10.9. The van der Waals surface area contributed by atoms with Crippen LogP contribution in [0.3, 0.4) is 0 Å². The Balaban J connectivity index is 2.77. The molecular weight excluding hydrogens is 192 g/mol. The van der Waals surface area contributed by atoms with Crippen molar-refractivity contribution in [2.75, 3.05) is 7.11 Å². The summed E-state index contributed by atoms with van der Waals surface area (Å²) in [6.45, 7) is 1.58. The van der Waals surface area contributed by atoms with Crippen LogP contribution < -0.4 is 0 Å². The third-order valence-corrected chi connectivity index (χ3v) is 2.34. The van der Waals surface area contributed by atoms with Crippen LogP contribution in [0.1, 0.15) is 6.92 Å². The lowest BCUT2D eigenvalue weighted by molar-refractivity contribution is -0.229. The summed E-state index contributed by atoms with van der Waals surface area (Å²) >= 11 is 0. The van der Waals surface area contributed by atoms with Gasteiger partial charge in [0.15, 0.2) is 6.10 Å². The molecule has 0 amide bonds. The molecule has 0 saturated carbocycles. The molecule has 0 aliphatic carbocycles.